The standard InChI is InChI=1S/C14H12F2O2/c1-17-13-5-3-9(7-11(13)15)10-4-6-14(18-2)12(16)8-10/h3-8H,1-2H3. The molecule has 2 nitrogen and oxygen atoms in total. The quantitative estimate of drug-likeness (QED) is 0.827. The van der Waals surface area contributed by atoms with Crippen molar-refractivity contribution in [3.8, 4) is 22.6 Å². The Bertz CT molecular complexity index is 516. The summed E-state index contributed by atoms with van der Waals surface area (Å²) < 4.78 is 36.7. The minimum absolute atomic E-state index is 0.160. The van der Waals surface area contributed by atoms with Gasteiger partial charge < -0.3 is 9.47 Å². The van der Waals surface area contributed by atoms with Gasteiger partial charge in [0.2, 0.25) is 0 Å². The molecule has 0 aliphatic rings. The summed E-state index contributed by atoms with van der Waals surface area (Å²) in [7, 11) is 2.79. The predicted molar refractivity (Wildman–Crippen MR) is 64.9 cm³/mol. The Kier molecular flexibility index (Phi) is 3.46. The van der Waals surface area contributed by atoms with E-state index in [4.69, 9.17) is 9.47 Å². The SMILES string of the molecule is COc1ccc(-c2ccc(OC)c(F)c2)cc1F. The van der Waals surface area contributed by atoms with Crippen LogP contribution in [0.4, 0.5) is 8.78 Å². The Labute approximate surface area is 104 Å². The summed E-state index contributed by atoms with van der Waals surface area (Å²) in [6.07, 6.45) is 0. The molecule has 18 heavy (non-hydrogen) atoms. The maximum absolute atomic E-state index is 13.5. The second kappa shape index (κ2) is 5.04. The highest BCUT2D eigenvalue weighted by Crippen LogP contribution is 2.28. The van der Waals surface area contributed by atoms with E-state index in [9.17, 15) is 8.78 Å². The minimum atomic E-state index is -0.480. The van der Waals surface area contributed by atoms with Crippen LogP contribution < -0.4 is 9.47 Å². The molecule has 0 saturated carbocycles. The van der Waals surface area contributed by atoms with Crippen molar-refractivity contribution >= 4 is 0 Å². The van der Waals surface area contributed by atoms with Gasteiger partial charge in [-0.15, -0.1) is 0 Å². The highest BCUT2D eigenvalue weighted by molar-refractivity contribution is 5.65. The zero-order valence-corrected chi connectivity index (χ0v) is 10.0. The monoisotopic (exact) mass is 250 g/mol. The second-order valence-electron chi connectivity index (χ2n) is 3.70. The molecule has 0 atom stereocenters. The molecule has 2 rings (SSSR count). The van der Waals surface area contributed by atoms with Gasteiger partial charge in [0, 0.05) is 0 Å². The van der Waals surface area contributed by atoms with Crippen molar-refractivity contribution in [3.63, 3.8) is 0 Å². The average Bonchev–Trinajstić information content (AvgIpc) is 2.38. The number of halogens is 2. The van der Waals surface area contributed by atoms with Crippen LogP contribution in [0, 0.1) is 11.6 Å². The predicted octanol–water partition coefficient (Wildman–Crippen LogP) is 3.65. The van der Waals surface area contributed by atoms with Crippen LogP contribution in [0.15, 0.2) is 36.4 Å². The molecule has 0 radical (unpaired) electrons. The smallest absolute Gasteiger partial charge is 0.165 e. The van der Waals surface area contributed by atoms with Crippen molar-refractivity contribution in [1.82, 2.24) is 0 Å². The molecule has 0 aromatic heterocycles. The molecular weight excluding hydrogens is 238 g/mol. The fourth-order valence-corrected chi connectivity index (χ4v) is 1.69. The van der Waals surface area contributed by atoms with Crippen molar-refractivity contribution in [2.75, 3.05) is 14.2 Å². The molecule has 0 N–H and O–H groups in total. The lowest BCUT2D eigenvalue weighted by atomic mass is 10.0. The third-order valence-corrected chi connectivity index (χ3v) is 2.64. The van der Waals surface area contributed by atoms with E-state index in [0.29, 0.717) is 11.1 Å². The van der Waals surface area contributed by atoms with E-state index in [0.717, 1.165) is 0 Å². The van der Waals surface area contributed by atoms with Crippen LogP contribution in [-0.4, -0.2) is 14.2 Å². The zero-order chi connectivity index (χ0) is 13.1. The fourth-order valence-electron chi connectivity index (χ4n) is 1.69. The van der Waals surface area contributed by atoms with Crippen LogP contribution in [0.5, 0.6) is 11.5 Å². The van der Waals surface area contributed by atoms with Crippen LogP contribution in [0.25, 0.3) is 11.1 Å². The van der Waals surface area contributed by atoms with Crippen molar-refractivity contribution in [3.05, 3.63) is 48.0 Å². The first-order valence-electron chi connectivity index (χ1n) is 5.33. The third kappa shape index (κ3) is 2.27. The molecule has 2 aromatic rings. The molecule has 0 bridgehead atoms. The normalized spacial score (nSPS) is 10.2. The molecule has 0 unspecified atom stereocenters. The molecule has 0 spiro atoms. The van der Waals surface area contributed by atoms with Gasteiger partial charge in [-0.3, -0.25) is 0 Å². The summed E-state index contributed by atoms with van der Waals surface area (Å²) in [5.41, 5.74) is 1.16. The van der Waals surface area contributed by atoms with Crippen molar-refractivity contribution in [1.29, 1.82) is 0 Å². The maximum Gasteiger partial charge on any atom is 0.165 e. The van der Waals surface area contributed by atoms with Crippen LogP contribution in [0.1, 0.15) is 0 Å². The average molecular weight is 250 g/mol. The van der Waals surface area contributed by atoms with Gasteiger partial charge in [0.1, 0.15) is 0 Å². The molecule has 0 aliphatic heterocycles. The van der Waals surface area contributed by atoms with Crippen molar-refractivity contribution in [2.45, 2.75) is 0 Å². The number of rotatable bonds is 3. The first-order valence-corrected chi connectivity index (χ1v) is 5.33. The first kappa shape index (κ1) is 12.4. The first-order chi connectivity index (χ1) is 8.65. The Morgan fingerprint density at radius 3 is 1.39 bits per heavy atom. The maximum atomic E-state index is 13.5. The van der Waals surface area contributed by atoms with E-state index in [2.05, 4.69) is 0 Å². The van der Waals surface area contributed by atoms with E-state index in [1.165, 1.54) is 38.5 Å². The van der Waals surface area contributed by atoms with Gasteiger partial charge in [-0.25, -0.2) is 8.78 Å². The summed E-state index contributed by atoms with van der Waals surface area (Å²) >= 11 is 0. The molecule has 0 amide bonds. The van der Waals surface area contributed by atoms with Crippen LogP contribution in [0.2, 0.25) is 0 Å². The zero-order valence-electron chi connectivity index (χ0n) is 10.0. The molecule has 0 heterocycles. The molecule has 2 aromatic carbocycles. The summed E-state index contributed by atoms with van der Waals surface area (Å²) in [6.45, 7) is 0. The molecule has 94 valence electrons. The number of benzene rings is 2. The number of ether oxygens (including phenoxy) is 2. The van der Waals surface area contributed by atoms with Gasteiger partial charge in [-0.1, -0.05) is 12.1 Å². The Balaban J connectivity index is 2.42. The largest absolute Gasteiger partial charge is 0.494 e. The summed E-state index contributed by atoms with van der Waals surface area (Å²) in [6, 6.07) is 8.96. The van der Waals surface area contributed by atoms with Crippen LogP contribution in [0.3, 0.4) is 0 Å². The lowest BCUT2D eigenvalue weighted by Crippen LogP contribution is -1.91. The Morgan fingerprint density at radius 2 is 1.11 bits per heavy atom. The summed E-state index contributed by atoms with van der Waals surface area (Å²) in [4.78, 5) is 0. The van der Waals surface area contributed by atoms with Crippen LogP contribution >= 0.6 is 0 Å². The number of hydrogen-bond donors (Lipinski definition) is 0. The van der Waals surface area contributed by atoms with E-state index in [1.807, 2.05) is 0 Å². The number of methoxy groups -OCH3 is 2. The third-order valence-electron chi connectivity index (χ3n) is 2.64. The van der Waals surface area contributed by atoms with Crippen molar-refractivity contribution in [2.24, 2.45) is 0 Å². The molecule has 0 fully saturated rings. The van der Waals surface area contributed by atoms with Gasteiger partial charge >= 0.3 is 0 Å². The lowest BCUT2D eigenvalue weighted by molar-refractivity contribution is 0.386. The van der Waals surface area contributed by atoms with Gasteiger partial charge in [0.25, 0.3) is 0 Å². The minimum Gasteiger partial charge on any atom is -0.494 e. The van der Waals surface area contributed by atoms with Gasteiger partial charge in [-0.05, 0) is 35.4 Å². The second-order valence-corrected chi connectivity index (χ2v) is 3.70. The fraction of sp³-hybridized carbons (Fsp3) is 0.143. The van der Waals surface area contributed by atoms with E-state index >= 15 is 0 Å². The topological polar surface area (TPSA) is 18.5 Å². The highest BCUT2D eigenvalue weighted by atomic mass is 19.1. The molecular formula is C14H12F2O2. The van der Waals surface area contributed by atoms with Crippen molar-refractivity contribution < 1.29 is 18.3 Å². The van der Waals surface area contributed by atoms with E-state index in [-0.39, 0.29) is 11.5 Å². The number of hydrogen-bond acceptors (Lipinski definition) is 2. The van der Waals surface area contributed by atoms with Crippen LogP contribution in [-0.2, 0) is 0 Å². The highest BCUT2D eigenvalue weighted by Gasteiger charge is 2.08. The Morgan fingerprint density at radius 1 is 0.722 bits per heavy atom. The van der Waals surface area contributed by atoms with Gasteiger partial charge in [-0.2, -0.15) is 0 Å². The summed E-state index contributed by atoms with van der Waals surface area (Å²) in [5.74, 6) is -0.641. The van der Waals surface area contributed by atoms with E-state index in [1.54, 1.807) is 12.1 Å². The van der Waals surface area contributed by atoms with Gasteiger partial charge in [0.05, 0.1) is 14.2 Å². The summed E-state index contributed by atoms with van der Waals surface area (Å²) in [5, 5.41) is 0. The Hall–Kier alpha value is -2.10. The lowest BCUT2D eigenvalue weighted by Gasteiger charge is -2.07. The molecule has 0 saturated heterocycles. The molecule has 0 aliphatic carbocycles. The molecule has 4 heteroatoms. The van der Waals surface area contributed by atoms with Gasteiger partial charge in [0.15, 0.2) is 23.1 Å². The van der Waals surface area contributed by atoms with E-state index < -0.39 is 11.6 Å².